The second-order valence-corrected chi connectivity index (χ2v) is 6.81. The summed E-state index contributed by atoms with van der Waals surface area (Å²) < 4.78 is 0. The fourth-order valence-corrected chi connectivity index (χ4v) is 3.32. The lowest BCUT2D eigenvalue weighted by Crippen LogP contribution is -2.50. The van der Waals surface area contributed by atoms with Crippen molar-refractivity contribution in [2.45, 2.75) is 38.8 Å². The topological polar surface area (TPSA) is 32.3 Å². The highest BCUT2D eigenvalue weighted by Gasteiger charge is 2.36. The first-order valence-electron chi connectivity index (χ1n) is 7.90. The molecule has 21 heavy (non-hydrogen) atoms. The van der Waals surface area contributed by atoms with Crippen LogP contribution in [0.25, 0.3) is 0 Å². The maximum Gasteiger partial charge on any atom is 0.225 e. The first-order chi connectivity index (χ1) is 10.1. The van der Waals surface area contributed by atoms with Gasteiger partial charge in [0.05, 0.1) is 0 Å². The third kappa shape index (κ3) is 3.58. The lowest BCUT2D eigenvalue weighted by molar-refractivity contribution is -0.134. The smallest absolute Gasteiger partial charge is 0.225 e. The molecule has 1 aromatic carbocycles. The van der Waals surface area contributed by atoms with Gasteiger partial charge in [-0.25, -0.2) is 0 Å². The van der Waals surface area contributed by atoms with Gasteiger partial charge in [-0.2, -0.15) is 0 Å². The Kier molecular flexibility index (Phi) is 4.51. The third-order valence-electron chi connectivity index (χ3n) is 4.66. The van der Waals surface area contributed by atoms with Crippen LogP contribution < -0.4 is 5.32 Å². The average Bonchev–Trinajstić information content (AvgIpc) is 3.31. The summed E-state index contributed by atoms with van der Waals surface area (Å²) in [6.07, 6.45) is 3.22. The molecular weight excluding hydrogens is 284 g/mol. The second-order valence-electron chi connectivity index (χ2n) is 6.40. The molecule has 1 saturated carbocycles. The molecule has 1 heterocycles. The molecule has 0 bridgehead atoms. The van der Waals surface area contributed by atoms with E-state index in [4.69, 9.17) is 11.6 Å². The van der Waals surface area contributed by atoms with Crippen molar-refractivity contribution in [3.05, 3.63) is 34.9 Å². The predicted molar refractivity (Wildman–Crippen MR) is 85.2 cm³/mol. The fourth-order valence-electron chi connectivity index (χ4n) is 3.12. The van der Waals surface area contributed by atoms with Crippen LogP contribution in [0.2, 0.25) is 5.02 Å². The molecule has 0 unspecified atom stereocenters. The van der Waals surface area contributed by atoms with Gasteiger partial charge in [-0.3, -0.25) is 4.79 Å². The Labute approximate surface area is 131 Å². The molecule has 0 spiro atoms. The molecule has 3 nitrogen and oxygen atoms in total. The summed E-state index contributed by atoms with van der Waals surface area (Å²) in [5.41, 5.74) is 1.14. The number of nitrogens with one attached hydrogen (secondary N) is 1. The highest BCUT2D eigenvalue weighted by Crippen LogP contribution is 2.32. The number of piperidine rings is 1. The minimum atomic E-state index is 0.338. The Balaban J connectivity index is 1.51. The van der Waals surface area contributed by atoms with E-state index in [2.05, 4.69) is 23.2 Å². The van der Waals surface area contributed by atoms with Gasteiger partial charge in [-0.15, -0.1) is 0 Å². The van der Waals surface area contributed by atoms with E-state index in [-0.39, 0.29) is 0 Å². The van der Waals surface area contributed by atoms with Gasteiger partial charge in [-0.1, -0.05) is 36.7 Å². The molecule has 1 aliphatic carbocycles. The number of amides is 1. The van der Waals surface area contributed by atoms with Crippen LogP contribution >= 0.6 is 11.6 Å². The quantitative estimate of drug-likeness (QED) is 0.927. The van der Waals surface area contributed by atoms with Crippen LogP contribution in [0.3, 0.4) is 0 Å². The number of benzene rings is 1. The van der Waals surface area contributed by atoms with Crippen molar-refractivity contribution in [2.75, 3.05) is 13.1 Å². The highest BCUT2D eigenvalue weighted by atomic mass is 35.5. The van der Waals surface area contributed by atoms with Gasteiger partial charge in [0, 0.05) is 36.6 Å². The first-order valence-corrected chi connectivity index (χ1v) is 8.28. The molecule has 1 amide bonds. The molecule has 0 radical (unpaired) electrons. The molecule has 1 N–H and O–H groups in total. The summed E-state index contributed by atoms with van der Waals surface area (Å²) in [6.45, 7) is 4.80. The van der Waals surface area contributed by atoms with Crippen LogP contribution in [0.5, 0.6) is 0 Å². The van der Waals surface area contributed by atoms with Gasteiger partial charge < -0.3 is 10.2 Å². The minimum Gasteiger partial charge on any atom is -0.342 e. The Morgan fingerprint density at radius 2 is 2.10 bits per heavy atom. The van der Waals surface area contributed by atoms with Crippen molar-refractivity contribution in [2.24, 2.45) is 11.8 Å². The van der Waals surface area contributed by atoms with Gasteiger partial charge in [0.2, 0.25) is 5.91 Å². The molecule has 3 rings (SSSR count). The third-order valence-corrected chi connectivity index (χ3v) is 5.02. The standard InChI is InChI=1S/C17H23ClN2O/c1-12-11-20(17(21)13-6-7-13)9-8-16(12)19-10-14-4-2-3-5-15(14)18/h2-5,12-13,16,19H,6-11H2,1H3/t12-,16+/m0/s1. The SMILES string of the molecule is C[C@H]1CN(C(=O)C2CC2)CC[C@H]1NCc1ccccc1Cl. The zero-order valence-electron chi connectivity index (χ0n) is 12.5. The molecular formula is C17H23ClN2O. The molecule has 114 valence electrons. The molecule has 2 aliphatic rings. The maximum absolute atomic E-state index is 12.1. The lowest BCUT2D eigenvalue weighted by Gasteiger charge is -2.37. The van der Waals surface area contributed by atoms with Crippen molar-refractivity contribution in [3.63, 3.8) is 0 Å². The van der Waals surface area contributed by atoms with Gasteiger partial charge in [0.1, 0.15) is 0 Å². The molecule has 4 heteroatoms. The number of likely N-dealkylation sites (tertiary alicyclic amines) is 1. The second kappa shape index (κ2) is 6.37. The summed E-state index contributed by atoms with van der Waals surface area (Å²) in [5.74, 6) is 1.21. The molecule has 1 aromatic rings. The molecule has 2 fully saturated rings. The Morgan fingerprint density at radius 1 is 1.33 bits per heavy atom. The molecule has 2 atom stereocenters. The van der Waals surface area contributed by atoms with Gasteiger partial charge in [0.15, 0.2) is 0 Å². The number of carbonyl (C=O) groups excluding carboxylic acids is 1. The van der Waals surface area contributed by atoms with Crippen molar-refractivity contribution >= 4 is 17.5 Å². The van der Waals surface area contributed by atoms with Crippen molar-refractivity contribution < 1.29 is 4.79 Å². The number of carbonyl (C=O) groups is 1. The summed E-state index contributed by atoms with van der Waals surface area (Å²) in [6, 6.07) is 8.43. The first kappa shape index (κ1) is 14.9. The molecule has 1 aliphatic heterocycles. The van der Waals surface area contributed by atoms with Crippen LogP contribution in [-0.4, -0.2) is 29.9 Å². The van der Waals surface area contributed by atoms with E-state index in [0.717, 1.165) is 49.5 Å². The lowest BCUT2D eigenvalue weighted by atomic mass is 9.93. The fraction of sp³-hybridized carbons (Fsp3) is 0.588. The van der Waals surface area contributed by atoms with Crippen LogP contribution in [0.4, 0.5) is 0 Å². The number of hydrogen-bond donors (Lipinski definition) is 1. The molecule has 0 aromatic heterocycles. The summed E-state index contributed by atoms with van der Waals surface area (Å²) in [5, 5.41) is 4.43. The summed E-state index contributed by atoms with van der Waals surface area (Å²) in [4.78, 5) is 14.2. The number of hydrogen-bond acceptors (Lipinski definition) is 2. The van der Waals surface area contributed by atoms with Gasteiger partial charge in [-0.05, 0) is 36.8 Å². The minimum absolute atomic E-state index is 0.338. The number of rotatable bonds is 4. The van der Waals surface area contributed by atoms with Crippen molar-refractivity contribution in [1.82, 2.24) is 10.2 Å². The van der Waals surface area contributed by atoms with E-state index in [1.54, 1.807) is 0 Å². The zero-order valence-corrected chi connectivity index (χ0v) is 13.3. The van der Waals surface area contributed by atoms with Crippen LogP contribution in [0.1, 0.15) is 31.7 Å². The van der Waals surface area contributed by atoms with E-state index < -0.39 is 0 Å². The number of nitrogens with zero attached hydrogens (tertiary/aromatic N) is 1. The van der Waals surface area contributed by atoms with Gasteiger partial charge >= 0.3 is 0 Å². The maximum atomic E-state index is 12.1. The average molecular weight is 307 g/mol. The largest absolute Gasteiger partial charge is 0.342 e. The summed E-state index contributed by atoms with van der Waals surface area (Å²) >= 11 is 6.19. The van der Waals surface area contributed by atoms with E-state index in [0.29, 0.717) is 23.8 Å². The zero-order chi connectivity index (χ0) is 14.8. The van der Waals surface area contributed by atoms with Crippen LogP contribution in [0, 0.1) is 11.8 Å². The number of halogens is 1. The van der Waals surface area contributed by atoms with E-state index >= 15 is 0 Å². The Bertz CT molecular complexity index is 515. The van der Waals surface area contributed by atoms with E-state index in [9.17, 15) is 4.79 Å². The monoisotopic (exact) mass is 306 g/mol. The van der Waals surface area contributed by atoms with Crippen molar-refractivity contribution in [3.8, 4) is 0 Å². The normalized spacial score (nSPS) is 25.9. The molecule has 1 saturated heterocycles. The van der Waals surface area contributed by atoms with E-state index in [1.165, 1.54) is 0 Å². The Morgan fingerprint density at radius 3 is 2.76 bits per heavy atom. The van der Waals surface area contributed by atoms with Gasteiger partial charge in [0.25, 0.3) is 0 Å². The predicted octanol–water partition coefficient (Wildman–Crippen LogP) is 3.08. The Hall–Kier alpha value is -1.06. The van der Waals surface area contributed by atoms with Crippen LogP contribution in [-0.2, 0) is 11.3 Å². The van der Waals surface area contributed by atoms with Crippen molar-refractivity contribution in [1.29, 1.82) is 0 Å². The highest BCUT2D eigenvalue weighted by molar-refractivity contribution is 6.31. The summed E-state index contributed by atoms with van der Waals surface area (Å²) in [7, 11) is 0. The van der Waals surface area contributed by atoms with Crippen LogP contribution in [0.15, 0.2) is 24.3 Å². The van der Waals surface area contributed by atoms with E-state index in [1.807, 2.05) is 18.2 Å².